The van der Waals surface area contributed by atoms with Crippen molar-refractivity contribution < 1.29 is 0 Å². The number of halogens is 1. The molecule has 6 heteroatoms. The number of aryl methyl sites for hydroxylation is 2. The highest BCUT2D eigenvalue weighted by Crippen LogP contribution is 2.15. The molecule has 134 valence electrons. The van der Waals surface area contributed by atoms with E-state index < -0.39 is 0 Å². The lowest BCUT2D eigenvalue weighted by Gasteiger charge is -2.13. The molecule has 0 aliphatic heterocycles. The van der Waals surface area contributed by atoms with E-state index in [4.69, 9.17) is 0 Å². The fourth-order valence-electron chi connectivity index (χ4n) is 2.62. The Balaban J connectivity index is 0.00000288. The van der Waals surface area contributed by atoms with Gasteiger partial charge in [0, 0.05) is 26.7 Å². The van der Waals surface area contributed by atoms with Crippen molar-refractivity contribution in [2.45, 2.75) is 40.2 Å². The Bertz CT molecular complexity index is 648. The zero-order chi connectivity index (χ0) is 16.7. The van der Waals surface area contributed by atoms with Crippen LogP contribution in [-0.4, -0.2) is 35.6 Å². The number of nitrogens with zero attached hydrogens (tertiary/aromatic N) is 3. The quantitative estimate of drug-likeness (QED) is 0.298. The maximum absolute atomic E-state index is 4.61. The van der Waals surface area contributed by atoms with Crippen molar-refractivity contribution in [3.63, 3.8) is 0 Å². The second-order valence-corrected chi connectivity index (χ2v) is 6.26. The van der Waals surface area contributed by atoms with E-state index in [0.717, 1.165) is 49.8 Å². The Kier molecular flexibility index (Phi) is 9.10. The smallest absolute Gasteiger partial charge is 0.190 e. The Hall–Kier alpha value is -1.31. The molecular weight excluding hydrogens is 413 g/mol. The number of nitrogens with one attached hydrogen (secondary N) is 2. The summed E-state index contributed by atoms with van der Waals surface area (Å²) in [6, 6.07) is 8.30. The van der Waals surface area contributed by atoms with Crippen LogP contribution in [0, 0.1) is 12.8 Å². The van der Waals surface area contributed by atoms with Crippen molar-refractivity contribution in [2.75, 3.05) is 20.1 Å². The minimum Gasteiger partial charge on any atom is -0.356 e. The van der Waals surface area contributed by atoms with E-state index in [0.29, 0.717) is 5.92 Å². The van der Waals surface area contributed by atoms with Crippen molar-refractivity contribution in [3.05, 3.63) is 30.1 Å². The standard InChI is InChI=1S/C18H29N5.HI/c1-14(2)10-12-21-18(19-4)20-11-7-13-23-15(3)22-16-8-5-6-9-17(16)23;/h5-6,8-9,14H,7,10-13H2,1-4H3,(H2,19,20,21);1H. The molecule has 0 unspecified atom stereocenters. The number of aliphatic imine (C=N–C) groups is 1. The lowest BCUT2D eigenvalue weighted by molar-refractivity contribution is 0.570. The summed E-state index contributed by atoms with van der Waals surface area (Å²) < 4.78 is 2.28. The Morgan fingerprint density at radius 1 is 1.21 bits per heavy atom. The van der Waals surface area contributed by atoms with Gasteiger partial charge in [0.25, 0.3) is 0 Å². The first-order valence-electron chi connectivity index (χ1n) is 8.48. The molecule has 1 aromatic heterocycles. The maximum Gasteiger partial charge on any atom is 0.190 e. The molecule has 0 spiro atoms. The topological polar surface area (TPSA) is 54.2 Å². The van der Waals surface area contributed by atoms with Gasteiger partial charge in [-0.25, -0.2) is 4.98 Å². The Morgan fingerprint density at radius 2 is 1.92 bits per heavy atom. The molecule has 0 aliphatic carbocycles. The number of para-hydroxylation sites is 2. The number of hydrogen-bond donors (Lipinski definition) is 2. The normalized spacial score (nSPS) is 11.6. The zero-order valence-electron chi connectivity index (χ0n) is 15.2. The highest BCUT2D eigenvalue weighted by molar-refractivity contribution is 14.0. The van der Waals surface area contributed by atoms with Crippen LogP contribution in [0.1, 0.15) is 32.5 Å². The fraction of sp³-hybridized carbons (Fsp3) is 0.556. The van der Waals surface area contributed by atoms with Crippen molar-refractivity contribution in [3.8, 4) is 0 Å². The molecule has 0 saturated carbocycles. The molecule has 0 atom stereocenters. The maximum atomic E-state index is 4.61. The van der Waals surface area contributed by atoms with Crippen LogP contribution in [0.25, 0.3) is 11.0 Å². The summed E-state index contributed by atoms with van der Waals surface area (Å²) in [4.78, 5) is 8.87. The lowest BCUT2D eigenvalue weighted by atomic mass is 10.1. The second-order valence-electron chi connectivity index (χ2n) is 6.26. The summed E-state index contributed by atoms with van der Waals surface area (Å²) in [5, 5.41) is 6.73. The van der Waals surface area contributed by atoms with Gasteiger partial charge >= 0.3 is 0 Å². The van der Waals surface area contributed by atoms with E-state index in [-0.39, 0.29) is 24.0 Å². The van der Waals surface area contributed by atoms with Gasteiger partial charge in [0.15, 0.2) is 5.96 Å². The van der Waals surface area contributed by atoms with Gasteiger partial charge in [-0.15, -0.1) is 24.0 Å². The van der Waals surface area contributed by atoms with Gasteiger partial charge in [-0.05, 0) is 37.8 Å². The van der Waals surface area contributed by atoms with Crippen LogP contribution < -0.4 is 10.6 Å². The van der Waals surface area contributed by atoms with Crippen LogP contribution in [-0.2, 0) is 6.54 Å². The molecule has 0 bridgehead atoms. The molecule has 24 heavy (non-hydrogen) atoms. The monoisotopic (exact) mass is 443 g/mol. The molecule has 1 aromatic carbocycles. The van der Waals surface area contributed by atoms with E-state index in [1.807, 2.05) is 13.1 Å². The lowest BCUT2D eigenvalue weighted by Crippen LogP contribution is -2.38. The van der Waals surface area contributed by atoms with E-state index in [1.165, 1.54) is 5.52 Å². The minimum atomic E-state index is 0. The molecule has 5 nitrogen and oxygen atoms in total. The van der Waals surface area contributed by atoms with E-state index >= 15 is 0 Å². The van der Waals surface area contributed by atoms with Gasteiger partial charge in [-0.1, -0.05) is 26.0 Å². The van der Waals surface area contributed by atoms with Crippen LogP contribution in [0.4, 0.5) is 0 Å². The first-order valence-corrected chi connectivity index (χ1v) is 8.48. The van der Waals surface area contributed by atoms with Crippen LogP contribution in [0.2, 0.25) is 0 Å². The van der Waals surface area contributed by atoms with Crippen molar-refractivity contribution in [2.24, 2.45) is 10.9 Å². The van der Waals surface area contributed by atoms with Gasteiger partial charge in [0.2, 0.25) is 0 Å². The summed E-state index contributed by atoms with van der Waals surface area (Å²) in [6.07, 6.45) is 2.19. The third-order valence-corrected chi connectivity index (χ3v) is 3.93. The Labute approximate surface area is 162 Å². The highest BCUT2D eigenvalue weighted by Gasteiger charge is 2.06. The third-order valence-electron chi connectivity index (χ3n) is 3.93. The number of imidazole rings is 1. The number of hydrogen-bond acceptors (Lipinski definition) is 2. The second kappa shape index (κ2) is 10.5. The fourth-order valence-corrected chi connectivity index (χ4v) is 2.62. The largest absolute Gasteiger partial charge is 0.356 e. The summed E-state index contributed by atoms with van der Waals surface area (Å²) in [6.45, 7) is 9.35. The van der Waals surface area contributed by atoms with Gasteiger partial charge in [0.05, 0.1) is 11.0 Å². The van der Waals surface area contributed by atoms with Crippen LogP contribution in [0.3, 0.4) is 0 Å². The van der Waals surface area contributed by atoms with E-state index in [9.17, 15) is 0 Å². The van der Waals surface area contributed by atoms with E-state index in [1.54, 1.807) is 0 Å². The molecule has 2 rings (SSSR count). The molecular formula is C18H30IN5. The molecule has 0 aliphatic rings. The number of rotatable bonds is 7. The SMILES string of the molecule is CN=C(NCCCn1c(C)nc2ccccc21)NCCC(C)C.I. The minimum absolute atomic E-state index is 0. The number of fused-ring (bicyclic) bond motifs is 1. The number of guanidine groups is 1. The Morgan fingerprint density at radius 3 is 2.62 bits per heavy atom. The molecule has 0 amide bonds. The third kappa shape index (κ3) is 5.96. The molecule has 0 radical (unpaired) electrons. The molecule has 0 fully saturated rings. The zero-order valence-corrected chi connectivity index (χ0v) is 17.5. The summed E-state index contributed by atoms with van der Waals surface area (Å²) in [7, 11) is 1.82. The summed E-state index contributed by atoms with van der Waals surface area (Å²) >= 11 is 0. The van der Waals surface area contributed by atoms with Crippen LogP contribution >= 0.6 is 24.0 Å². The predicted octanol–water partition coefficient (Wildman–Crippen LogP) is 3.56. The molecule has 2 N–H and O–H groups in total. The average molecular weight is 443 g/mol. The van der Waals surface area contributed by atoms with Crippen LogP contribution in [0.15, 0.2) is 29.3 Å². The summed E-state index contributed by atoms with van der Waals surface area (Å²) in [5.41, 5.74) is 2.29. The van der Waals surface area contributed by atoms with Gasteiger partial charge in [-0.2, -0.15) is 0 Å². The highest BCUT2D eigenvalue weighted by atomic mass is 127. The number of aromatic nitrogens is 2. The van der Waals surface area contributed by atoms with Crippen molar-refractivity contribution in [1.29, 1.82) is 0 Å². The molecule has 2 aromatic rings. The van der Waals surface area contributed by atoms with Crippen molar-refractivity contribution in [1.82, 2.24) is 20.2 Å². The first-order chi connectivity index (χ1) is 11.1. The van der Waals surface area contributed by atoms with E-state index in [2.05, 4.69) is 64.1 Å². The van der Waals surface area contributed by atoms with Crippen LogP contribution in [0.5, 0.6) is 0 Å². The average Bonchev–Trinajstić information content (AvgIpc) is 2.85. The van der Waals surface area contributed by atoms with Gasteiger partial charge in [0.1, 0.15) is 5.82 Å². The van der Waals surface area contributed by atoms with Crippen molar-refractivity contribution >= 4 is 41.0 Å². The summed E-state index contributed by atoms with van der Waals surface area (Å²) in [5.74, 6) is 2.67. The predicted molar refractivity (Wildman–Crippen MR) is 113 cm³/mol. The molecule has 0 saturated heterocycles. The molecule has 1 heterocycles. The van der Waals surface area contributed by atoms with Gasteiger partial charge in [-0.3, -0.25) is 4.99 Å². The van der Waals surface area contributed by atoms with Gasteiger partial charge < -0.3 is 15.2 Å². The number of benzene rings is 1. The first kappa shape index (κ1) is 20.7.